The molecular formula is C14H21ClF2N2. The SMILES string of the molecule is CC(N)C1CCCCN1Cc1cc(F)ccc1F.Cl. The molecule has 19 heavy (non-hydrogen) atoms. The van der Waals surface area contributed by atoms with E-state index in [1.807, 2.05) is 6.92 Å². The van der Waals surface area contributed by atoms with E-state index in [-0.39, 0.29) is 36.1 Å². The summed E-state index contributed by atoms with van der Waals surface area (Å²) in [5.41, 5.74) is 6.39. The molecule has 0 radical (unpaired) electrons. The molecule has 2 atom stereocenters. The molecule has 0 amide bonds. The van der Waals surface area contributed by atoms with Gasteiger partial charge >= 0.3 is 0 Å². The van der Waals surface area contributed by atoms with Crippen LogP contribution >= 0.6 is 12.4 Å². The molecule has 2 N–H and O–H groups in total. The summed E-state index contributed by atoms with van der Waals surface area (Å²) < 4.78 is 26.8. The van der Waals surface area contributed by atoms with E-state index in [0.29, 0.717) is 12.1 Å². The lowest BCUT2D eigenvalue weighted by atomic mass is 9.96. The van der Waals surface area contributed by atoms with E-state index in [4.69, 9.17) is 5.73 Å². The van der Waals surface area contributed by atoms with Gasteiger partial charge in [-0.1, -0.05) is 6.42 Å². The van der Waals surface area contributed by atoms with Crippen molar-refractivity contribution < 1.29 is 8.78 Å². The quantitative estimate of drug-likeness (QED) is 0.927. The minimum atomic E-state index is -0.388. The first-order valence-corrected chi connectivity index (χ1v) is 6.51. The molecule has 2 rings (SSSR count). The normalized spacial score (nSPS) is 21.8. The lowest BCUT2D eigenvalue weighted by molar-refractivity contribution is 0.121. The number of hydrogen-bond acceptors (Lipinski definition) is 2. The fraction of sp³-hybridized carbons (Fsp3) is 0.571. The van der Waals surface area contributed by atoms with E-state index in [9.17, 15) is 8.78 Å². The van der Waals surface area contributed by atoms with Crippen LogP contribution in [0.1, 0.15) is 31.7 Å². The number of rotatable bonds is 3. The van der Waals surface area contributed by atoms with Gasteiger partial charge in [0.2, 0.25) is 0 Å². The van der Waals surface area contributed by atoms with Crippen LogP contribution in [0.5, 0.6) is 0 Å². The van der Waals surface area contributed by atoms with Crippen molar-refractivity contribution in [2.24, 2.45) is 5.73 Å². The molecule has 1 aromatic carbocycles. The molecule has 1 saturated heterocycles. The molecule has 0 aromatic heterocycles. The van der Waals surface area contributed by atoms with Crippen molar-refractivity contribution >= 4 is 12.4 Å². The lowest BCUT2D eigenvalue weighted by Gasteiger charge is -2.38. The highest BCUT2D eigenvalue weighted by Gasteiger charge is 2.26. The number of nitrogens with two attached hydrogens (primary N) is 1. The Balaban J connectivity index is 0.00000180. The summed E-state index contributed by atoms with van der Waals surface area (Å²) >= 11 is 0. The van der Waals surface area contributed by atoms with Gasteiger partial charge in [0.1, 0.15) is 11.6 Å². The average Bonchev–Trinajstić information content (AvgIpc) is 2.34. The molecule has 2 unspecified atom stereocenters. The Hall–Kier alpha value is -0.710. The molecular weight excluding hydrogens is 270 g/mol. The topological polar surface area (TPSA) is 29.3 Å². The molecule has 1 aliphatic rings. The number of nitrogens with zero attached hydrogens (tertiary/aromatic N) is 1. The minimum absolute atomic E-state index is 0. The number of hydrogen-bond donors (Lipinski definition) is 1. The maximum Gasteiger partial charge on any atom is 0.127 e. The highest BCUT2D eigenvalue weighted by molar-refractivity contribution is 5.85. The second kappa shape index (κ2) is 7.17. The molecule has 5 heteroatoms. The van der Waals surface area contributed by atoms with E-state index >= 15 is 0 Å². The summed E-state index contributed by atoms with van der Waals surface area (Å²) in [6.07, 6.45) is 3.29. The molecule has 0 aliphatic carbocycles. The zero-order valence-corrected chi connectivity index (χ0v) is 11.9. The first-order valence-electron chi connectivity index (χ1n) is 6.51. The van der Waals surface area contributed by atoms with E-state index in [2.05, 4.69) is 4.90 Å². The molecule has 1 aliphatic heterocycles. The minimum Gasteiger partial charge on any atom is -0.327 e. The smallest absolute Gasteiger partial charge is 0.127 e. The first-order chi connectivity index (χ1) is 8.58. The molecule has 1 fully saturated rings. The largest absolute Gasteiger partial charge is 0.327 e. The fourth-order valence-electron chi connectivity index (χ4n) is 2.69. The molecule has 0 bridgehead atoms. The Morgan fingerprint density at radius 3 is 2.79 bits per heavy atom. The summed E-state index contributed by atoms with van der Waals surface area (Å²) in [7, 11) is 0. The van der Waals surface area contributed by atoms with Crippen molar-refractivity contribution in [3.63, 3.8) is 0 Å². The number of benzene rings is 1. The van der Waals surface area contributed by atoms with Crippen molar-refractivity contribution in [3.8, 4) is 0 Å². The van der Waals surface area contributed by atoms with Gasteiger partial charge < -0.3 is 5.73 Å². The first kappa shape index (κ1) is 16.3. The molecule has 1 aromatic rings. The second-order valence-corrected chi connectivity index (χ2v) is 5.13. The van der Waals surface area contributed by atoms with Crippen LogP contribution in [0, 0.1) is 11.6 Å². The van der Waals surface area contributed by atoms with Gasteiger partial charge in [-0.3, -0.25) is 4.90 Å². The molecule has 1 heterocycles. The molecule has 0 spiro atoms. The summed E-state index contributed by atoms with van der Waals surface area (Å²) in [5, 5.41) is 0. The van der Waals surface area contributed by atoms with Gasteiger partial charge in [0, 0.05) is 24.2 Å². The lowest BCUT2D eigenvalue weighted by Crippen LogP contribution is -2.48. The van der Waals surface area contributed by atoms with Crippen LogP contribution in [0.15, 0.2) is 18.2 Å². The van der Waals surface area contributed by atoms with Gasteiger partial charge in [-0.2, -0.15) is 0 Å². The predicted octanol–water partition coefficient (Wildman–Crippen LogP) is 3.09. The van der Waals surface area contributed by atoms with Gasteiger partial charge in [-0.25, -0.2) is 8.78 Å². The van der Waals surface area contributed by atoms with Crippen LogP contribution in [-0.4, -0.2) is 23.5 Å². The predicted molar refractivity (Wildman–Crippen MR) is 75.3 cm³/mol. The van der Waals surface area contributed by atoms with E-state index in [1.54, 1.807) is 0 Å². The van der Waals surface area contributed by atoms with Crippen LogP contribution in [0.2, 0.25) is 0 Å². The zero-order chi connectivity index (χ0) is 13.1. The van der Waals surface area contributed by atoms with Crippen molar-refractivity contribution in [2.75, 3.05) is 6.54 Å². The van der Waals surface area contributed by atoms with Crippen molar-refractivity contribution in [3.05, 3.63) is 35.4 Å². The van der Waals surface area contributed by atoms with Crippen LogP contribution < -0.4 is 5.73 Å². The Labute approximate surface area is 119 Å². The van der Waals surface area contributed by atoms with Crippen LogP contribution in [-0.2, 0) is 6.54 Å². The molecule has 0 saturated carbocycles. The molecule has 2 nitrogen and oxygen atoms in total. The Morgan fingerprint density at radius 1 is 1.37 bits per heavy atom. The Bertz CT molecular complexity index is 412. The van der Waals surface area contributed by atoms with Gasteiger partial charge in [-0.05, 0) is 44.5 Å². The van der Waals surface area contributed by atoms with E-state index in [0.717, 1.165) is 31.9 Å². The second-order valence-electron chi connectivity index (χ2n) is 5.13. The van der Waals surface area contributed by atoms with Gasteiger partial charge in [0.05, 0.1) is 0 Å². The van der Waals surface area contributed by atoms with E-state index < -0.39 is 0 Å². The number of likely N-dealkylation sites (tertiary alicyclic amines) is 1. The van der Waals surface area contributed by atoms with Crippen LogP contribution in [0.3, 0.4) is 0 Å². The van der Waals surface area contributed by atoms with Gasteiger partial charge in [-0.15, -0.1) is 12.4 Å². The Morgan fingerprint density at radius 2 is 2.11 bits per heavy atom. The van der Waals surface area contributed by atoms with Crippen LogP contribution in [0.25, 0.3) is 0 Å². The fourth-order valence-corrected chi connectivity index (χ4v) is 2.69. The van der Waals surface area contributed by atoms with Crippen molar-refractivity contribution in [2.45, 2.75) is 44.8 Å². The number of piperidine rings is 1. The highest BCUT2D eigenvalue weighted by Crippen LogP contribution is 2.22. The summed E-state index contributed by atoms with van der Waals surface area (Å²) in [6, 6.07) is 3.94. The van der Waals surface area contributed by atoms with Crippen molar-refractivity contribution in [1.29, 1.82) is 0 Å². The average molecular weight is 291 g/mol. The maximum atomic E-state index is 13.6. The third kappa shape index (κ3) is 4.13. The monoisotopic (exact) mass is 290 g/mol. The zero-order valence-electron chi connectivity index (χ0n) is 11.1. The Kier molecular flexibility index (Phi) is 6.17. The molecule has 108 valence electrons. The van der Waals surface area contributed by atoms with Crippen LogP contribution in [0.4, 0.5) is 8.78 Å². The van der Waals surface area contributed by atoms with Crippen molar-refractivity contribution in [1.82, 2.24) is 4.90 Å². The van der Waals surface area contributed by atoms with Gasteiger partial charge in [0.25, 0.3) is 0 Å². The highest BCUT2D eigenvalue weighted by atomic mass is 35.5. The maximum absolute atomic E-state index is 13.6. The standard InChI is InChI=1S/C14H20F2N2.ClH/c1-10(17)14-4-2-3-7-18(14)9-11-8-12(15)5-6-13(11)16;/h5-6,8,10,14H,2-4,7,9,17H2,1H3;1H. The summed E-state index contributed by atoms with van der Waals surface area (Å²) in [4.78, 5) is 2.17. The van der Waals surface area contributed by atoms with E-state index in [1.165, 1.54) is 12.1 Å². The van der Waals surface area contributed by atoms with Gasteiger partial charge in [0.15, 0.2) is 0 Å². The number of halogens is 3. The third-order valence-electron chi connectivity index (χ3n) is 3.65. The third-order valence-corrected chi connectivity index (χ3v) is 3.65. The summed E-state index contributed by atoms with van der Waals surface area (Å²) in [5.74, 6) is -0.730. The summed E-state index contributed by atoms with van der Waals surface area (Å²) in [6.45, 7) is 3.32.